The maximum Gasteiger partial charge on any atom is 0.320 e. The number of hydrogen-bond acceptors (Lipinski definition) is 6. The van der Waals surface area contributed by atoms with Gasteiger partial charge >= 0.3 is 4.45 Å². The predicted octanol–water partition coefficient (Wildman–Crippen LogP) is 2.69. The highest BCUT2D eigenvalue weighted by Crippen LogP contribution is 2.47. The van der Waals surface area contributed by atoms with Crippen LogP contribution in [0.5, 0.6) is 0 Å². The number of hydrogen-bond donors (Lipinski definition) is 0. The number of benzene rings is 2. The number of ether oxygens (including phenoxy) is 2. The minimum atomic E-state index is -1.66. The summed E-state index contributed by atoms with van der Waals surface area (Å²) >= 11 is 3.06. The van der Waals surface area contributed by atoms with E-state index in [0.29, 0.717) is 24.5 Å². The standard InChI is InChI=1S/C20H20BrN3O5/c1-22(11-15-7-3-2-4-8-15)14-23-17-10-6-5-9-16(17)20(18(23)25)28-12-19(21,13-29-20)24(26)27/h2-10H,11-14H2,1H3. The summed E-state index contributed by atoms with van der Waals surface area (Å²) in [6.07, 6.45) is 0. The fourth-order valence-corrected chi connectivity index (χ4v) is 3.84. The fraction of sp³-hybridized carbons (Fsp3) is 0.350. The van der Waals surface area contributed by atoms with Gasteiger partial charge in [0.1, 0.15) is 13.2 Å². The van der Waals surface area contributed by atoms with Crippen LogP contribution >= 0.6 is 15.9 Å². The third kappa shape index (κ3) is 3.44. The van der Waals surface area contributed by atoms with E-state index in [0.717, 1.165) is 5.56 Å². The molecule has 2 aliphatic heterocycles. The van der Waals surface area contributed by atoms with Crippen molar-refractivity contribution < 1.29 is 19.2 Å². The number of carbonyl (C=O) groups excluding carboxylic acids is 1. The number of para-hydroxylation sites is 1. The molecule has 0 atom stereocenters. The third-order valence-corrected chi connectivity index (χ3v) is 5.82. The Balaban J connectivity index is 1.58. The first-order valence-electron chi connectivity index (χ1n) is 9.11. The van der Waals surface area contributed by atoms with Crippen LogP contribution in [-0.2, 0) is 26.6 Å². The molecule has 2 aromatic rings. The predicted molar refractivity (Wildman–Crippen MR) is 109 cm³/mol. The van der Waals surface area contributed by atoms with Gasteiger partial charge in [-0.15, -0.1) is 0 Å². The van der Waals surface area contributed by atoms with Gasteiger partial charge in [0, 0.05) is 33.0 Å². The van der Waals surface area contributed by atoms with Crippen LogP contribution in [0, 0.1) is 10.1 Å². The molecule has 1 amide bonds. The van der Waals surface area contributed by atoms with E-state index in [1.807, 2.05) is 54.4 Å². The van der Waals surface area contributed by atoms with E-state index in [9.17, 15) is 14.9 Å². The van der Waals surface area contributed by atoms with Crippen molar-refractivity contribution in [2.75, 3.05) is 31.8 Å². The average molecular weight is 462 g/mol. The number of rotatable bonds is 5. The van der Waals surface area contributed by atoms with Crippen LogP contribution < -0.4 is 4.90 Å². The van der Waals surface area contributed by atoms with Gasteiger partial charge in [-0.2, -0.15) is 0 Å². The maximum atomic E-state index is 13.4. The zero-order chi connectivity index (χ0) is 20.6. The minimum absolute atomic E-state index is 0.284. The van der Waals surface area contributed by atoms with Crippen molar-refractivity contribution in [3.05, 3.63) is 75.8 Å². The van der Waals surface area contributed by atoms with E-state index in [-0.39, 0.29) is 19.1 Å². The summed E-state index contributed by atoms with van der Waals surface area (Å²) < 4.78 is 9.94. The maximum absolute atomic E-state index is 13.4. The highest BCUT2D eigenvalue weighted by molar-refractivity contribution is 9.10. The quantitative estimate of drug-likeness (QED) is 0.294. The molecule has 0 aromatic heterocycles. The van der Waals surface area contributed by atoms with Crippen LogP contribution in [-0.4, -0.2) is 47.1 Å². The highest BCUT2D eigenvalue weighted by Gasteiger charge is 2.61. The van der Waals surface area contributed by atoms with Gasteiger partial charge in [-0.05, 0) is 18.7 Å². The Hall–Kier alpha value is -2.33. The van der Waals surface area contributed by atoms with Crippen LogP contribution in [0.3, 0.4) is 0 Å². The Morgan fingerprint density at radius 1 is 1.14 bits per heavy atom. The van der Waals surface area contributed by atoms with Crippen molar-refractivity contribution >= 4 is 27.5 Å². The Bertz CT molecular complexity index is 931. The van der Waals surface area contributed by atoms with Gasteiger partial charge in [-0.3, -0.25) is 24.7 Å². The Kier molecular flexibility index (Phi) is 5.16. The summed E-state index contributed by atoms with van der Waals surface area (Å²) in [6.45, 7) is 0.419. The second kappa shape index (κ2) is 7.49. The van der Waals surface area contributed by atoms with Crippen molar-refractivity contribution in [1.82, 2.24) is 4.90 Å². The lowest BCUT2D eigenvalue weighted by Gasteiger charge is -2.36. The largest absolute Gasteiger partial charge is 0.330 e. The van der Waals surface area contributed by atoms with E-state index in [2.05, 4.69) is 15.9 Å². The first kappa shape index (κ1) is 20.0. The number of carbonyl (C=O) groups is 1. The molecule has 0 N–H and O–H groups in total. The molecular weight excluding hydrogens is 442 g/mol. The van der Waals surface area contributed by atoms with Gasteiger partial charge in [0.25, 0.3) is 11.7 Å². The van der Waals surface area contributed by atoms with Crippen LogP contribution in [0.4, 0.5) is 5.69 Å². The van der Waals surface area contributed by atoms with Gasteiger partial charge in [-0.1, -0.05) is 48.5 Å². The first-order chi connectivity index (χ1) is 13.9. The summed E-state index contributed by atoms with van der Waals surface area (Å²) in [5, 5.41) is 11.3. The molecule has 0 bridgehead atoms. The molecule has 0 aliphatic carbocycles. The summed E-state index contributed by atoms with van der Waals surface area (Å²) in [4.78, 5) is 27.8. The number of nitrogens with zero attached hydrogens (tertiary/aromatic N) is 3. The normalized spacial score (nSPS) is 26.2. The summed E-state index contributed by atoms with van der Waals surface area (Å²) in [6, 6.07) is 17.2. The number of amides is 1. The molecule has 1 spiro atoms. The van der Waals surface area contributed by atoms with Crippen molar-refractivity contribution in [1.29, 1.82) is 0 Å². The van der Waals surface area contributed by atoms with Gasteiger partial charge < -0.3 is 9.47 Å². The molecule has 2 aliphatic rings. The fourth-order valence-electron chi connectivity index (χ4n) is 3.61. The number of halogens is 1. The Labute approximate surface area is 176 Å². The van der Waals surface area contributed by atoms with E-state index in [1.54, 1.807) is 17.0 Å². The van der Waals surface area contributed by atoms with Gasteiger partial charge in [-0.25, -0.2) is 0 Å². The lowest BCUT2D eigenvalue weighted by molar-refractivity contribution is -0.561. The van der Waals surface area contributed by atoms with Crippen LogP contribution in [0.15, 0.2) is 54.6 Å². The molecule has 152 valence electrons. The van der Waals surface area contributed by atoms with Crippen molar-refractivity contribution in [3.63, 3.8) is 0 Å². The van der Waals surface area contributed by atoms with Gasteiger partial charge in [0.2, 0.25) is 0 Å². The summed E-state index contributed by atoms with van der Waals surface area (Å²) in [5.41, 5.74) is 2.38. The number of fused-ring (bicyclic) bond motifs is 2. The highest BCUT2D eigenvalue weighted by atomic mass is 79.9. The Morgan fingerprint density at radius 3 is 2.41 bits per heavy atom. The molecular formula is C20H20BrN3O5. The van der Waals surface area contributed by atoms with Gasteiger partial charge in [0.15, 0.2) is 0 Å². The van der Waals surface area contributed by atoms with Crippen LogP contribution in [0.1, 0.15) is 11.1 Å². The van der Waals surface area contributed by atoms with Crippen molar-refractivity contribution in [2.45, 2.75) is 16.8 Å². The van der Waals surface area contributed by atoms with E-state index < -0.39 is 15.2 Å². The molecule has 4 rings (SSSR count). The van der Waals surface area contributed by atoms with E-state index >= 15 is 0 Å². The SMILES string of the molecule is CN(Cc1ccccc1)CN1C(=O)C2(OCC(Br)([N+](=O)[O-])CO2)c2ccccc21. The second-order valence-corrected chi connectivity index (χ2v) is 8.74. The van der Waals surface area contributed by atoms with E-state index in [4.69, 9.17) is 9.47 Å². The number of alkyl halides is 1. The topological polar surface area (TPSA) is 85.2 Å². The summed E-state index contributed by atoms with van der Waals surface area (Å²) in [5.74, 6) is -2.03. The van der Waals surface area contributed by atoms with Crippen molar-refractivity contribution in [2.24, 2.45) is 0 Å². The molecule has 0 radical (unpaired) electrons. The smallest absolute Gasteiger partial charge is 0.320 e. The molecule has 1 fully saturated rings. The molecule has 0 unspecified atom stereocenters. The summed E-state index contributed by atoms with van der Waals surface area (Å²) in [7, 11) is 1.92. The average Bonchev–Trinajstić information content (AvgIpc) is 2.94. The van der Waals surface area contributed by atoms with Crippen LogP contribution in [0.25, 0.3) is 0 Å². The number of nitro groups is 1. The Morgan fingerprint density at radius 2 is 1.76 bits per heavy atom. The third-order valence-electron chi connectivity index (χ3n) is 5.07. The molecule has 0 saturated carbocycles. The van der Waals surface area contributed by atoms with Crippen LogP contribution in [0.2, 0.25) is 0 Å². The zero-order valence-electron chi connectivity index (χ0n) is 15.8. The van der Waals surface area contributed by atoms with Gasteiger partial charge in [0.05, 0.1) is 12.4 Å². The monoisotopic (exact) mass is 461 g/mol. The van der Waals surface area contributed by atoms with E-state index in [1.165, 1.54) is 0 Å². The lowest BCUT2D eigenvalue weighted by atomic mass is 10.1. The molecule has 2 heterocycles. The molecule has 29 heavy (non-hydrogen) atoms. The first-order valence-corrected chi connectivity index (χ1v) is 9.90. The zero-order valence-corrected chi connectivity index (χ0v) is 17.4. The molecule has 1 saturated heterocycles. The lowest BCUT2D eigenvalue weighted by Crippen LogP contribution is -2.56. The van der Waals surface area contributed by atoms with Crippen molar-refractivity contribution in [3.8, 4) is 0 Å². The molecule has 2 aromatic carbocycles. The second-order valence-electron chi connectivity index (χ2n) is 7.26. The molecule has 8 nitrogen and oxygen atoms in total. The molecule has 9 heteroatoms. The number of anilines is 1. The minimum Gasteiger partial charge on any atom is -0.330 e.